The van der Waals surface area contributed by atoms with Crippen LogP contribution in [-0.4, -0.2) is 41.8 Å². The number of pyridine rings is 1. The number of hydrogen-bond donors (Lipinski definition) is 2. The third-order valence-electron chi connectivity index (χ3n) is 4.73. The Labute approximate surface area is 149 Å². The molecular weight excluding hydrogens is 353 g/mol. The Bertz CT molecular complexity index is 889. The molecule has 8 heteroatoms. The maximum absolute atomic E-state index is 14.6. The lowest BCUT2D eigenvalue weighted by Gasteiger charge is -2.30. The maximum Gasteiger partial charge on any atom is 0.341 e. The summed E-state index contributed by atoms with van der Waals surface area (Å²) < 4.78 is 16.4. The highest BCUT2D eigenvalue weighted by Gasteiger charge is 2.28. The van der Waals surface area contributed by atoms with Crippen LogP contribution in [0.15, 0.2) is 23.1 Å². The Morgan fingerprint density at radius 1 is 1.24 bits per heavy atom. The lowest BCUT2D eigenvalue weighted by Crippen LogP contribution is -2.43. The van der Waals surface area contributed by atoms with Gasteiger partial charge < -0.3 is 19.9 Å². The summed E-state index contributed by atoms with van der Waals surface area (Å²) in [6.07, 6.45) is 3.29. The minimum absolute atomic E-state index is 0. The number of anilines is 1. The number of aromatic nitrogens is 1. The van der Waals surface area contributed by atoms with Gasteiger partial charge in [0.15, 0.2) is 0 Å². The normalized spacial score (nSPS) is 17.4. The largest absolute Gasteiger partial charge is 0.477 e. The minimum Gasteiger partial charge on any atom is -0.477 e. The van der Waals surface area contributed by atoms with Gasteiger partial charge in [0.2, 0.25) is 5.43 Å². The molecule has 0 radical (unpaired) electrons. The Hall–Kier alpha value is -2.12. The molecule has 1 aromatic heterocycles. The summed E-state index contributed by atoms with van der Waals surface area (Å²) in [5, 5.41) is 12.6. The Balaban J connectivity index is 0.00000182. The molecule has 25 heavy (non-hydrogen) atoms. The van der Waals surface area contributed by atoms with E-state index in [-0.39, 0.29) is 29.4 Å². The van der Waals surface area contributed by atoms with Crippen molar-refractivity contribution in [2.45, 2.75) is 18.9 Å². The molecule has 1 saturated carbocycles. The zero-order valence-corrected chi connectivity index (χ0v) is 14.3. The number of benzene rings is 1. The number of carbonyl (C=O) groups is 1. The van der Waals surface area contributed by atoms with Gasteiger partial charge in [0, 0.05) is 43.8 Å². The van der Waals surface area contributed by atoms with Crippen LogP contribution >= 0.6 is 12.4 Å². The van der Waals surface area contributed by atoms with Crippen molar-refractivity contribution in [3.63, 3.8) is 0 Å². The molecule has 4 rings (SSSR count). The van der Waals surface area contributed by atoms with Crippen LogP contribution in [0.25, 0.3) is 10.9 Å². The van der Waals surface area contributed by atoms with Crippen LogP contribution in [0.2, 0.25) is 0 Å². The first-order valence-electron chi connectivity index (χ1n) is 8.13. The fraction of sp³-hybridized carbons (Fsp3) is 0.412. The van der Waals surface area contributed by atoms with Crippen LogP contribution in [0.4, 0.5) is 10.1 Å². The number of piperazine rings is 1. The monoisotopic (exact) mass is 371 g/mol. The summed E-state index contributed by atoms with van der Waals surface area (Å²) in [7, 11) is 0. The molecule has 2 aromatic rings. The molecule has 134 valence electrons. The van der Waals surface area contributed by atoms with E-state index in [1.165, 1.54) is 12.3 Å². The highest BCUT2D eigenvalue weighted by molar-refractivity contribution is 5.93. The van der Waals surface area contributed by atoms with Crippen LogP contribution in [-0.2, 0) is 0 Å². The summed E-state index contributed by atoms with van der Waals surface area (Å²) in [4.78, 5) is 25.7. The van der Waals surface area contributed by atoms with Crippen LogP contribution in [0.1, 0.15) is 29.2 Å². The van der Waals surface area contributed by atoms with Gasteiger partial charge in [-0.05, 0) is 25.0 Å². The Morgan fingerprint density at radius 3 is 2.52 bits per heavy atom. The van der Waals surface area contributed by atoms with E-state index >= 15 is 0 Å². The third kappa shape index (κ3) is 3.09. The van der Waals surface area contributed by atoms with Gasteiger partial charge in [-0.25, -0.2) is 9.18 Å². The molecule has 1 saturated heterocycles. The summed E-state index contributed by atoms with van der Waals surface area (Å²) >= 11 is 0. The number of halogens is 2. The van der Waals surface area contributed by atoms with Crippen LogP contribution < -0.4 is 15.6 Å². The zero-order valence-electron chi connectivity index (χ0n) is 13.5. The van der Waals surface area contributed by atoms with Crippen LogP contribution in [0, 0.1) is 5.82 Å². The number of fused-ring (bicyclic) bond motifs is 1. The van der Waals surface area contributed by atoms with Gasteiger partial charge in [-0.2, -0.15) is 0 Å². The molecule has 0 spiro atoms. The second kappa shape index (κ2) is 6.65. The van der Waals surface area contributed by atoms with Gasteiger partial charge in [-0.3, -0.25) is 4.79 Å². The molecule has 2 N–H and O–H groups in total. The van der Waals surface area contributed by atoms with E-state index in [1.807, 2.05) is 9.47 Å². The van der Waals surface area contributed by atoms with Crippen LogP contribution in [0.5, 0.6) is 0 Å². The molecule has 0 atom stereocenters. The van der Waals surface area contributed by atoms with Crippen molar-refractivity contribution in [2.24, 2.45) is 0 Å². The van der Waals surface area contributed by atoms with Gasteiger partial charge >= 0.3 is 5.97 Å². The van der Waals surface area contributed by atoms with Gasteiger partial charge in [0.05, 0.1) is 11.2 Å². The second-order valence-electron chi connectivity index (χ2n) is 6.37. The standard InChI is InChI=1S/C17H18FN3O3.ClH/c18-13-7-11-14(8-15(13)20-5-3-19-4-6-20)21(10-1-2-10)9-12(16(11)22)17(23)24;/h7-10,19H,1-6H2,(H,23,24);1H/i9+1,12+1,17+1,21+1;. The molecule has 0 unspecified atom stereocenters. The summed E-state index contributed by atoms with van der Waals surface area (Å²) in [6.45, 7) is 2.96. The topological polar surface area (TPSA) is 74.6 Å². The molecule has 2 fully saturated rings. The van der Waals surface area contributed by atoms with E-state index in [0.29, 0.717) is 24.3 Å². The average molecular weight is 372 g/mol. The van der Waals surface area contributed by atoms with Crippen molar-refractivity contribution in [1.82, 2.24) is 9.88 Å². The van der Waals surface area contributed by atoms with Crippen molar-refractivity contribution in [1.29, 1.82) is 0 Å². The van der Waals surface area contributed by atoms with Crippen LogP contribution in [0.3, 0.4) is 0 Å². The molecule has 0 amide bonds. The number of carboxylic acids is 1. The molecular formula is C17H19ClFN3O3. The van der Waals surface area contributed by atoms with Gasteiger partial charge in [-0.15, -0.1) is 12.4 Å². The number of carboxylic acid groups (broad SMARTS) is 1. The highest BCUT2D eigenvalue weighted by atomic mass is 35.5. The van der Waals surface area contributed by atoms with E-state index < -0.39 is 17.2 Å². The van der Waals surface area contributed by atoms with Crippen molar-refractivity contribution in [2.75, 3.05) is 31.1 Å². The second-order valence-corrected chi connectivity index (χ2v) is 6.37. The van der Waals surface area contributed by atoms with Crippen molar-refractivity contribution >= 4 is 35.0 Å². The quantitative estimate of drug-likeness (QED) is 0.807. The van der Waals surface area contributed by atoms with Crippen molar-refractivity contribution in [3.05, 3.63) is 39.9 Å². The molecule has 1 aromatic carbocycles. The van der Waals surface area contributed by atoms with E-state index in [2.05, 4.69) is 5.32 Å². The van der Waals surface area contributed by atoms with Gasteiger partial charge in [-0.1, -0.05) is 0 Å². The molecule has 1 aliphatic heterocycles. The number of rotatable bonds is 3. The molecule has 2 aliphatic rings. The highest BCUT2D eigenvalue weighted by Crippen LogP contribution is 2.38. The lowest BCUT2D eigenvalue weighted by molar-refractivity contribution is 0.0695. The molecule has 2 heterocycles. The smallest absolute Gasteiger partial charge is 0.341 e. The minimum atomic E-state index is -1.28. The molecule has 6 nitrogen and oxygen atoms in total. The third-order valence-corrected chi connectivity index (χ3v) is 4.73. The number of hydrogen-bond acceptors (Lipinski definition) is 4. The predicted molar refractivity (Wildman–Crippen MR) is 95.7 cm³/mol. The van der Waals surface area contributed by atoms with E-state index in [0.717, 1.165) is 25.9 Å². The predicted octanol–water partition coefficient (Wildman–Crippen LogP) is 2.01. The fourth-order valence-corrected chi connectivity index (χ4v) is 3.31. The first-order valence-corrected chi connectivity index (χ1v) is 8.13. The zero-order chi connectivity index (χ0) is 16.8. The first kappa shape index (κ1) is 17.7. The number of nitrogens with zero attached hydrogens (tertiary/aromatic N) is 2. The summed E-state index contributed by atoms with van der Waals surface area (Å²) in [5.41, 5.74) is 0.159. The maximum atomic E-state index is 14.6. The van der Waals surface area contributed by atoms with E-state index in [9.17, 15) is 19.1 Å². The number of aromatic carboxylic acids is 1. The van der Waals surface area contributed by atoms with Crippen molar-refractivity contribution < 1.29 is 14.3 Å². The van der Waals surface area contributed by atoms with E-state index in [1.54, 1.807) is 6.07 Å². The summed E-state index contributed by atoms with van der Waals surface area (Å²) in [5.74, 6) is -1.76. The Kier molecular flexibility index (Phi) is 4.71. The van der Waals surface area contributed by atoms with Gasteiger partial charge in [0.25, 0.3) is 0 Å². The molecule has 1 aliphatic carbocycles. The summed E-state index contributed by atoms with van der Waals surface area (Å²) in [6, 6.07) is 3.08. The van der Waals surface area contributed by atoms with Gasteiger partial charge in [0.1, 0.15) is 11.4 Å². The first-order chi connectivity index (χ1) is 11.6. The van der Waals surface area contributed by atoms with E-state index in [4.69, 9.17) is 0 Å². The number of nitrogens with one attached hydrogen (secondary N) is 1. The average Bonchev–Trinajstić information content (AvgIpc) is 3.40. The lowest BCUT2D eigenvalue weighted by atomic mass is 10.2. The van der Waals surface area contributed by atoms with Crippen molar-refractivity contribution in [3.8, 4) is 0 Å². The fourth-order valence-electron chi connectivity index (χ4n) is 3.31. The SMILES string of the molecule is Cl.O=c1c2cc(F)c(N3CCNCC3)cc2[15n](C2CC2)[13cH][13c]1[13C](=O)O. The molecule has 0 bridgehead atoms. The Morgan fingerprint density at radius 2 is 1.92 bits per heavy atom.